The molecule has 8 heteroatoms. The van der Waals surface area contributed by atoms with Gasteiger partial charge in [0, 0.05) is 31.6 Å². The van der Waals surface area contributed by atoms with Crippen LogP contribution in [0.1, 0.15) is 12.5 Å². The molecular weight excluding hydrogens is 418 g/mol. The van der Waals surface area contributed by atoms with Crippen molar-refractivity contribution >= 4 is 16.9 Å². The number of hydrogen-bond acceptors (Lipinski definition) is 4. The van der Waals surface area contributed by atoms with Crippen molar-refractivity contribution in [2.24, 2.45) is 7.05 Å². The number of benzene rings is 2. The van der Waals surface area contributed by atoms with E-state index < -0.39 is 5.69 Å². The molecule has 3 heterocycles. The molecule has 0 amide bonds. The lowest BCUT2D eigenvalue weighted by Crippen LogP contribution is -2.40. The van der Waals surface area contributed by atoms with Crippen molar-refractivity contribution in [3.8, 4) is 16.9 Å². The monoisotopic (exact) mass is 443 g/mol. The summed E-state index contributed by atoms with van der Waals surface area (Å²) in [4.78, 5) is 31.0. The van der Waals surface area contributed by atoms with Crippen molar-refractivity contribution in [2.45, 2.75) is 19.9 Å². The summed E-state index contributed by atoms with van der Waals surface area (Å²) in [5, 5.41) is 0. The molecule has 5 rings (SSSR count). The third-order valence-electron chi connectivity index (χ3n) is 6.04. The minimum absolute atomic E-state index is 0.176. The Morgan fingerprint density at radius 3 is 2.39 bits per heavy atom. The van der Waals surface area contributed by atoms with Crippen molar-refractivity contribution in [2.75, 3.05) is 13.7 Å². The highest BCUT2D eigenvalue weighted by Gasteiger charge is 2.22. The van der Waals surface area contributed by atoms with E-state index in [1.165, 1.54) is 14.7 Å². The topological polar surface area (TPSA) is 75.5 Å². The van der Waals surface area contributed by atoms with E-state index in [1.807, 2.05) is 41.1 Å². The smallest absolute Gasteiger partial charge is 0.332 e. The first-order valence-electron chi connectivity index (χ1n) is 10.9. The second-order valence-corrected chi connectivity index (χ2v) is 7.98. The van der Waals surface area contributed by atoms with Crippen LogP contribution in [0.3, 0.4) is 0 Å². The molecule has 8 nitrogen and oxygen atoms in total. The van der Waals surface area contributed by atoms with E-state index in [0.29, 0.717) is 16.9 Å². The van der Waals surface area contributed by atoms with Gasteiger partial charge in [-0.05, 0) is 24.1 Å². The second kappa shape index (κ2) is 8.22. The lowest BCUT2D eigenvalue weighted by Gasteiger charge is -2.10. The maximum absolute atomic E-state index is 13.4. The molecule has 0 unspecified atom stereocenters. The zero-order valence-electron chi connectivity index (χ0n) is 18.9. The minimum atomic E-state index is -0.410. The van der Waals surface area contributed by atoms with Gasteiger partial charge in [-0.1, -0.05) is 49.4 Å². The van der Waals surface area contributed by atoms with Crippen LogP contribution in [0.4, 0.5) is 0 Å². The largest absolute Gasteiger partial charge is 0.383 e. The first-order valence-corrected chi connectivity index (χ1v) is 10.9. The first kappa shape index (κ1) is 21.0. The van der Waals surface area contributed by atoms with Crippen molar-refractivity contribution in [1.82, 2.24) is 23.1 Å². The number of fused-ring (bicyclic) bond motifs is 3. The summed E-state index contributed by atoms with van der Waals surface area (Å²) < 4.78 is 11.5. The number of ether oxygens (including phenoxy) is 1. The highest BCUT2D eigenvalue weighted by Crippen LogP contribution is 2.29. The van der Waals surface area contributed by atoms with E-state index in [-0.39, 0.29) is 18.7 Å². The Bertz CT molecular complexity index is 1570. The first-order chi connectivity index (χ1) is 16.0. The summed E-state index contributed by atoms with van der Waals surface area (Å²) in [6.45, 7) is 2.56. The number of methoxy groups -OCH3 is 1. The third kappa shape index (κ3) is 3.30. The molecule has 0 atom stereocenters. The van der Waals surface area contributed by atoms with E-state index >= 15 is 0 Å². The van der Waals surface area contributed by atoms with Crippen LogP contribution in [0.5, 0.6) is 0 Å². The number of aromatic nitrogens is 5. The van der Waals surface area contributed by atoms with Crippen molar-refractivity contribution in [3.63, 3.8) is 0 Å². The van der Waals surface area contributed by atoms with E-state index in [4.69, 9.17) is 9.72 Å². The Hall–Kier alpha value is -3.91. The van der Waals surface area contributed by atoms with Gasteiger partial charge in [-0.25, -0.2) is 4.79 Å². The normalized spacial score (nSPS) is 11.6. The summed E-state index contributed by atoms with van der Waals surface area (Å²) in [5.41, 5.74) is 4.00. The lowest BCUT2D eigenvalue weighted by atomic mass is 10.1. The number of nitrogens with zero attached hydrogens (tertiary/aromatic N) is 5. The van der Waals surface area contributed by atoms with Gasteiger partial charge >= 0.3 is 5.69 Å². The molecule has 168 valence electrons. The highest BCUT2D eigenvalue weighted by molar-refractivity contribution is 5.79. The third-order valence-corrected chi connectivity index (χ3v) is 6.04. The van der Waals surface area contributed by atoms with Gasteiger partial charge in [0.05, 0.1) is 18.8 Å². The molecule has 0 aliphatic rings. The SMILES string of the molecule is CCc1ccc(-n2c(-c3ccccc3)cn3c4c(=O)n(CCOC)c(=O)n(C)c4nc23)cc1. The van der Waals surface area contributed by atoms with Crippen molar-refractivity contribution in [1.29, 1.82) is 0 Å². The van der Waals surface area contributed by atoms with Crippen LogP contribution in [0.15, 0.2) is 70.4 Å². The Morgan fingerprint density at radius 2 is 1.73 bits per heavy atom. The molecular formula is C25H25N5O3. The molecule has 2 aromatic carbocycles. The Kier molecular flexibility index (Phi) is 5.22. The van der Waals surface area contributed by atoms with Crippen LogP contribution in [0.2, 0.25) is 0 Å². The summed E-state index contributed by atoms with van der Waals surface area (Å²) in [6.07, 6.45) is 2.86. The number of aryl methyl sites for hydroxylation is 2. The van der Waals surface area contributed by atoms with Crippen molar-refractivity contribution in [3.05, 3.63) is 87.2 Å². The maximum atomic E-state index is 13.4. The summed E-state index contributed by atoms with van der Waals surface area (Å²) >= 11 is 0. The van der Waals surface area contributed by atoms with Gasteiger partial charge in [0.25, 0.3) is 5.56 Å². The second-order valence-electron chi connectivity index (χ2n) is 7.98. The molecule has 0 saturated carbocycles. The average Bonchev–Trinajstić information content (AvgIpc) is 3.40. The quantitative estimate of drug-likeness (QED) is 0.404. The molecule has 0 aliphatic heterocycles. The molecule has 5 aromatic rings. The standard InChI is InChI=1S/C25H25N5O3/c1-4-17-10-12-19(13-11-17)30-20(18-8-6-5-7-9-18)16-29-21-22(26-24(29)30)27(2)25(32)28(23(21)31)14-15-33-3/h5-13,16H,4,14-15H2,1-3H3. The number of hydrogen-bond donors (Lipinski definition) is 0. The fourth-order valence-corrected chi connectivity index (χ4v) is 4.22. The number of imidazole rings is 2. The molecule has 0 radical (unpaired) electrons. The van der Waals surface area contributed by atoms with Crippen LogP contribution in [0.25, 0.3) is 33.9 Å². The summed E-state index contributed by atoms with van der Waals surface area (Å²) in [7, 11) is 3.18. The van der Waals surface area contributed by atoms with Gasteiger partial charge in [0.15, 0.2) is 11.2 Å². The minimum Gasteiger partial charge on any atom is -0.383 e. The molecule has 0 fully saturated rings. The van der Waals surface area contributed by atoms with E-state index in [9.17, 15) is 9.59 Å². The average molecular weight is 444 g/mol. The van der Waals surface area contributed by atoms with Crippen LogP contribution in [-0.4, -0.2) is 36.8 Å². The number of rotatable bonds is 6. The molecule has 3 aromatic heterocycles. The van der Waals surface area contributed by atoms with Gasteiger partial charge in [-0.15, -0.1) is 0 Å². The zero-order valence-corrected chi connectivity index (χ0v) is 18.9. The fraction of sp³-hybridized carbons (Fsp3) is 0.240. The molecule has 0 bridgehead atoms. The molecule has 0 N–H and O–H groups in total. The van der Waals surface area contributed by atoms with Crippen LogP contribution >= 0.6 is 0 Å². The van der Waals surface area contributed by atoms with Crippen LogP contribution in [0, 0.1) is 0 Å². The van der Waals surface area contributed by atoms with Gasteiger partial charge < -0.3 is 4.74 Å². The molecule has 0 aliphatic carbocycles. The zero-order chi connectivity index (χ0) is 23.1. The van der Waals surface area contributed by atoms with Gasteiger partial charge in [-0.3, -0.25) is 22.9 Å². The van der Waals surface area contributed by atoms with Gasteiger partial charge in [0.1, 0.15) is 0 Å². The van der Waals surface area contributed by atoms with E-state index in [2.05, 4.69) is 31.2 Å². The van der Waals surface area contributed by atoms with Crippen LogP contribution < -0.4 is 11.2 Å². The van der Waals surface area contributed by atoms with Gasteiger partial charge in [-0.2, -0.15) is 4.98 Å². The molecule has 0 saturated heterocycles. The summed E-state index contributed by atoms with van der Waals surface area (Å²) in [5.74, 6) is 0.574. The highest BCUT2D eigenvalue weighted by atomic mass is 16.5. The Morgan fingerprint density at radius 1 is 1.00 bits per heavy atom. The van der Waals surface area contributed by atoms with E-state index in [0.717, 1.165) is 23.4 Å². The fourth-order valence-electron chi connectivity index (χ4n) is 4.22. The Labute approximate surface area is 189 Å². The predicted octanol–water partition coefficient (Wildman–Crippen LogP) is 3.01. The molecule has 33 heavy (non-hydrogen) atoms. The van der Waals surface area contributed by atoms with Gasteiger partial charge in [0.2, 0.25) is 5.78 Å². The molecule has 0 spiro atoms. The Balaban J connectivity index is 1.88. The lowest BCUT2D eigenvalue weighted by molar-refractivity contribution is 0.184. The predicted molar refractivity (Wildman–Crippen MR) is 128 cm³/mol. The van der Waals surface area contributed by atoms with Crippen molar-refractivity contribution < 1.29 is 4.74 Å². The summed E-state index contributed by atoms with van der Waals surface area (Å²) in [6, 6.07) is 18.3. The van der Waals surface area contributed by atoms with Crippen LogP contribution in [-0.2, 0) is 24.8 Å². The maximum Gasteiger partial charge on any atom is 0.332 e. The van der Waals surface area contributed by atoms with E-state index in [1.54, 1.807) is 18.6 Å².